The number of anilines is 2. The standard InChI is InChI=1S/C54H67ClF3N4O8PS3.2C2H6/c1-8-61(34-35-68-71(69-52(2,3)4)70-53(5,6)7)31-30-44(38-72-46-15-10-9-11-16-46)59-49-27-26-47(37-50(49)73(64,65)54(56,57)58)74(66,67)60-51(63)41-20-24-45(25-21-41)62-32-28-39(29-33-62)36-42-14-12-13-17-48(42)40-18-22-43(55)23-19-40;2*1-2/h9-27,37,39,44,59H,8,28-36,38H2,1-7H3,(H,60,63);2*1-2H3. The Morgan fingerprint density at radius 2 is 1.38 bits per heavy atom. The quantitative estimate of drug-likeness (QED) is 0.0475. The van der Waals surface area contributed by atoms with E-state index in [1.165, 1.54) is 35.0 Å². The molecule has 0 spiro atoms. The Morgan fingerprint density at radius 1 is 0.795 bits per heavy atom. The fourth-order valence-corrected chi connectivity index (χ4v) is 12.6. The van der Waals surface area contributed by atoms with Gasteiger partial charge in [0.2, 0.25) is 0 Å². The van der Waals surface area contributed by atoms with E-state index in [-0.39, 0.29) is 12.2 Å². The van der Waals surface area contributed by atoms with Crippen molar-refractivity contribution in [3.05, 3.63) is 137 Å². The van der Waals surface area contributed by atoms with Gasteiger partial charge in [0.1, 0.15) is 4.90 Å². The number of nitrogens with one attached hydrogen (secondary N) is 2. The van der Waals surface area contributed by atoms with Gasteiger partial charge in [0.25, 0.3) is 25.8 Å². The minimum absolute atomic E-state index is 0.0175. The molecular weight excluding hydrogens is 1100 g/mol. The number of nitrogens with zero attached hydrogens (tertiary/aromatic N) is 2. The molecule has 20 heteroatoms. The average molecular weight is 1180 g/mol. The van der Waals surface area contributed by atoms with E-state index in [2.05, 4.69) is 27.2 Å². The van der Waals surface area contributed by atoms with Gasteiger partial charge >= 0.3 is 14.1 Å². The first-order chi connectivity index (χ1) is 36.8. The number of rotatable bonds is 23. The molecule has 1 aliphatic heterocycles. The first kappa shape index (κ1) is 66.3. The molecule has 0 aromatic heterocycles. The summed E-state index contributed by atoms with van der Waals surface area (Å²) in [5.41, 5.74) is -2.89. The molecule has 0 saturated carbocycles. The van der Waals surface area contributed by atoms with Gasteiger partial charge in [-0.05, 0) is 163 Å². The van der Waals surface area contributed by atoms with Crippen LogP contribution in [0.1, 0.15) is 111 Å². The number of amides is 1. The van der Waals surface area contributed by atoms with Crippen LogP contribution in [0.5, 0.6) is 0 Å². The normalized spacial score (nSPS) is 14.0. The van der Waals surface area contributed by atoms with Gasteiger partial charge in [0, 0.05) is 59.1 Å². The van der Waals surface area contributed by atoms with Gasteiger partial charge in [0.15, 0.2) is 0 Å². The van der Waals surface area contributed by atoms with E-state index in [9.17, 15) is 34.8 Å². The Labute approximate surface area is 473 Å². The van der Waals surface area contributed by atoms with Gasteiger partial charge in [-0.1, -0.05) is 101 Å². The summed E-state index contributed by atoms with van der Waals surface area (Å²) in [6, 6.07) is 33.7. The monoisotopic (exact) mass is 1180 g/mol. The van der Waals surface area contributed by atoms with E-state index in [1.807, 2.05) is 148 Å². The number of halogens is 4. The molecule has 1 amide bonds. The first-order valence-electron chi connectivity index (χ1n) is 26.5. The molecule has 1 unspecified atom stereocenters. The third-order valence-electron chi connectivity index (χ3n) is 12.0. The lowest BCUT2D eigenvalue weighted by molar-refractivity contribution is -0.0436. The zero-order valence-electron chi connectivity index (χ0n) is 46.8. The Morgan fingerprint density at radius 3 is 1.96 bits per heavy atom. The molecule has 430 valence electrons. The number of carbonyl (C=O) groups excluding carboxylic acids is 1. The van der Waals surface area contributed by atoms with Gasteiger partial charge in [-0.15, -0.1) is 11.8 Å². The van der Waals surface area contributed by atoms with E-state index < -0.39 is 72.6 Å². The van der Waals surface area contributed by atoms with Crippen LogP contribution in [0, 0.1) is 5.92 Å². The summed E-state index contributed by atoms with van der Waals surface area (Å²) in [5, 5.41) is 3.70. The van der Waals surface area contributed by atoms with E-state index in [0.29, 0.717) is 48.8 Å². The number of hydrogen-bond donors (Lipinski definition) is 2. The second-order valence-electron chi connectivity index (χ2n) is 20.0. The number of piperidine rings is 1. The lowest BCUT2D eigenvalue weighted by atomic mass is 9.87. The SMILES string of the molecule is CC.CC.CCN(CCOP(OC(C)(C)C)OC(C)(C)C)CCC(CSc1ccccc1)Nc1ccc(S(=O)(=O)NC(=O)c2ccc(N3CCC(Cc4ccccc4-c4ccc(Cl)cc4)CC3)cc2)cc1S(=O)(=O)C(F)(F)F. The van der Waals surface area contributed by atoms with Crippen molar-refractivity contribution >= 4 is 69.1 Å². The largest absolute Gasteiger partial charge is 0.501 e. The molecule has 0 radical (unpaired) electrons. The van der Waals surface area contributed by atoms with Crippen LogP contribution in [-0.2, 0) is 39.9 Å². The summed E-state index contributed by atoms with van der Waals surface area (Å²) in [4.78, 5) is 16.5. The molecule has 1 atom stereocenters. The summed E-state index contributed by atoms with van der Waals surface area (Å²) in [5.74, 6) is -0.286. The van der Waals surface area contributed by atoms with Crippen molar-refractivity contribution < 1.29 is 48.4 Å². The van der Waals surface area contributed by atoms with E-state index in [0.717, 1.165) is 60.6 Å². The maximum Gasteiger partial charge on any atom is 0.501 e. The van der Waals surface area contributed by atoms with Crippen LogP contribution in [0.2, 0.25) is 5.02 Å². The molecule has 0 aliphatic carbocycles. The minimum atomic E-state index is -6.12. The lowest BCUT2D eigenvalue weighted by Gasteiger charge is -2.34. The van der Waals surface area contributed by atoms with Crippen molar-refractivity contribution in [1.82, 2.24) is 9.62 Å². The van der Waals surface area contributed by atoms with Gasteiger partial charge in [-0.2, -0.15) is 13.2 Å². The highest BCUT2D eigenvalue weighted by Gasteiger charge is 2.48. The predicted octanol–water partition coefficient (Wildman–Crippen LogP) is 15.1. The molecule has 1 fully saturated rings. The second-order valence-corrected chi connectivity index (χ2v) is 26.2. The smallest absolute Gasteiger partial charge is 0.380 e. The topological polar surface area (TPSA) is 144 Å². The van der Waals surface area contributed by atoms with Gasteiger partial charge in [0.05, 0.1) is 28.4 Å². The molecule has 12 nitrogen and oxygen atoms in total. The fraction of sp³-hybridized carbons (Fsp3) is 0.466. The summed E-state index contributed by atoms with van der Waals surface area (Å²) >= 11 is 7.56. The van der Waals surface area contributed by atoms with Crippen molar-refractivity contribution in [2.45, 2.75) is 139 Å². The first-order valence-corrected chi connectivity index (χ1v) is 31.9. The Kier molecular flexibility index (Phi) is 26.0. The Hall–Kier alpha value is -4.23. The number of sulfone groups is 1. The highest BCUT2D eigenvalue weighted by atomic mass is 35.5. The molecule has 1 saturated heterocycles. The van der Waals surface area contributed by atoms with Crippen LogP contribution in [0.4, 0.5) is 24.5 Å². The number of benzene rings is 5. The molecule has 2 N–H and O–H groups in total. The van der Waals surface area contributed by atoms with E-state index >= 15 is 0 Å². The Bertz CT molecular complexity index is 2830. The molecule has 78 heavy (non-hydrogen) atoms. The number of alkyl halides is 3. The van der Waals surface area contributed by atoms with Crippen molar-refractivity contribution in [1.29, 1.82) is 0 Å². The van der Waals surface area contributed by atoms with Gasteiger partial charge in [-0.25, -0.2) is 21.6 Å². The summed E-state index contributed by atoms with van der Waals surface area (Å²) in [6.45, 7) is 24.7. The molecule has 1 aliphatic rings. The molecule has 5 aromatic rings. The number of sulfonamides is 1. The summed E-state index contributed by atoms with van der Waals surface area (Å²) in [6.07, 6.45) is 3.12. The maximum atomic E-state index is 14.4. The van der Waals surface area contributed by atoms with Crippen molar-refractivity contribution in [2.24, 2.45) is 5.92 Å². The molecule has 0 bridgehead atoms. The van der Waals surface area contributed by atoms with Gasteiger partial charge < -0.3 is 28.7 Å². The van der Waals surface area contributed by atoms with Crippen LogP contribution in [0.15, 0.2) is 136 Å². The third-order valence-corrected chi connectivity index (χ3v) is 18.0. The number of hydrogen-bond acceptors (Lipinski definition) is 12. The van der Waals surface area contributed by atoms with Crippen LogP contribution < -0.4 is 14.9 Å². The molecular formula is C58H79ClF3N4O8PS3. The maximum absolute atomic E-state index is 14.4. The van der Waals surface area contributed by atoms with Crippen molar-refractivity contribution in [3.63, 3.8) is 0 Å². The lowest BCUT2D eigenvalue weighted by Crippen LogP contribution is -2.34. The number of carbonyl (C=O) groups is 1. The van der Waals surface area contributed by atoms with Crippen LogP contribution in [-0.4, -0.2) is 95.5 Å². The minimum Gasteiger partial charge on any atom is -0.380 e. The van der Waals surface area contributed by atoms with Gasteiger partial charge in [-0.3, -0.25) is 4.79 Å². The van der Waals surface area contributed by atoms with E-state index in [4.69, 9.17) is 25.2 Å². The summed E-state index contributed by atoms with van der Waals surface area (Å²) in [7, 11) is -12.7. The van der Waals surface area contributed by atoms with Crippen molar-refractivity contribution in [2.75, 3.05) is 55.3 Å². The van der Waals surface area contributed by atoms with Crippen LogP contribution in [0.25, 0.3) is 11.1 Å². The number of thioether (sulfide) groups is 1. The zero-order chi connectivity index (χ0) is 57.9. The van der Waals surface area contributed by atoms with Crippen molar-refractivity contribution in [3.8, 4) is 11.1 Å². The third kappa shape index (κ3) is 20.7. The van der Waals surface area contributed by atoms with Crippen LogP contribution >= 0.6 is 32.0 Å². The molecule has 6 rings (SSSR count). The summed E-state index contributed by atoms with van der Waals surface area (Å²) < 4.78 is 117. The second kappa shape index (κ2) is 30.5. The highest BCUT2D eigenvalue weighted by Crippen LogP contribution is 2.47. The Balaban J connectivity index is 0.00000320. The number of likely N-dealkylation sites (N-methyl/N-ethyl adjacent to an activating group) is 1. The predicted molar refractivity (Wildman–Crippen MR) is 315 cm³/mol. The fourth-order valence-electron chi connectivity index (χ4n) is 8.18. The zero-order valence-corrected chi connectivity index (χ0v) is 50.9. The van der Waals surface area contributed by atoms with Crippen LogP contribution in [0.3, 0.4) is 0 Å². The molecule has 1 heterocycles. The van der Waals surface area contributed by atoms with E-state index in [1.54, 1.807) is 12.1 Å². The average Bonchev–Trinajstić information content (AvgIpc) is 3.53. The highest BCUT2D eigenvalue weighted by molar-refractivity contribution is 7.99. The molecule has 5 aromatic carbocycles.